The van der Waals surface area contributed by atoms with E-state index < -0.39 is 6.10 Å². The summed E-state index contributed by atoms with van der Waals surface area (Å²) in [4.78, 5) is 0. The zero-order chi connectivity index (χ0) is 13.7. The molecule has 3 nitrogen and oxygen atoms in total. The standard InChI is InChI=1S/C15H25NO2/c1-10(2)12-9-13(14(17)6-5-7-16)11(3)8-15(12)18-4/h8-10,14,17H,5-7,16H2,1-4H3. The molecule has 0 heterocycles. The van der Waals surface area contributed by atoms with Crippen LogP contribution in [0.1, 0.15) is 55.4 Å². The summed E-state index contributed by atoms with van der Waals surface area (Å²) in [7, 11) is 1.69. The Hall–Kier alpha value is -1.06. The van der Waals surface area contributed by atoms with Crippen molar-refractivity contribution in [3.8, 4) is 5.75 Å². The Balaban J connectivity index is 3.08. The maximum Gasteiger partial charge on any atom is 0.122 e. The van der Waals surface area contributed by atoms with Gasteiger partial charge in [-0.1, -0.05) is 13.8 Å². The molecular weight excluding hydrogens is 226 g/mol. The van der Waals surface area contributed by atoms with Gasteiger partial charge < -0.3 is 15.6 Å². The summed E-state index contributed by atoms with van der Waals surface area (Å²) in [5.41, 5.74) is 8.69. The molecule has 0 aliphatic heterocycles. The van der Waals surface area contributed by atoms with E-state index in [1.807, 2.05) is 13.0 Å². The van der Waals surface area contributed by atoms with E-state index in [0.29, 0.717) is 18.9 Å². The number of methoxy groups -OCH3 is 1. The summed E-state index contributed by atoms with van der Waals surface area (Å²) in [6, 6.07) is 4.08. The van der Waals surface area contributed by atoms with Crippen LogP contribution in [-0.2, 0) is 0 Å². The number of aryl methyl sites for hydroxylation is 1. The summed E-state index contributed by atoms with van der Waals surface area (Å²) in [5.74, 6) is 1.28. The van der Waals surface area contributed by atoms with Gasteiger partial charge in [-0.15, -0.1) is 0 Å². The second-order valence-electron chi connectivity index (χ2n) is 5.05. The highest BCUT2D eigenvalue weighted by Gasteiger charge is 2.15. The molecule has 0 radical (unpaired) electrons. The maximum absolute atomic E-state index is 10.2. The molecule has 0 bridgehead atoms. The highest BCUT2D eigenvalue weighted by Crippen LogP contribution is 2.33. The molecule has 0 amide bonds. The van der Waals surface area contributed by atoms with Crippen LogP contribution in [0.25, 0.3) is 0 Å². The first-order valence-electron chi connectivity index (χ1n) is 6.57. The highest BCUT2D eigenvalue weighted by atomic mass is 16.5. The predicted molar refractivity (Wildman–Crippen MR) is 75.1 cm³/mol. The molecule has 0 saturated heterocycles. The van der Waals surface area contributed by atoms with Crippen molar-refractivity contribution < 1.29 is 9.84 Å². The van der Waals surface area contributed by atoms with Crippen LogP contribution in [0.2, 0.25) is 0 Å². The zero-order valence-electron chi connectivity index (χ0n) is 11.9. The quantitative estimate of drug-likeness (QED) is 0.817. The minimum Gasteiger partial charge on any atom is -0.496 e. The average Bonchev–Trinajstić information content (AvgIpc) is 2.34. The van der Waals surface area contributed by atoms with Crippen LogP contribution in [-0.4, -0.2) is 18.8 Å². The van der Waals surface area contributed by atoms with Crippen LogP contribution in [0, 0.1) is 6.92 Å². The molecule has 0 spiro atoms. The zero-order valence-corrected chi connectivity index (χ0v) is 11.9. The van der Waals surface area contributed by atoms with Crippen molar-refractivity contribution in [3.05, 3.63) is 28.8 Å². The monoisotopic (exact) mass is 251 g/mol. The lowest BCUT2D eigenvalue weighted by Crippen LogP contribution is -2.07. The Morgan fingerprint density at radius 2 is 1.94 bits per heavy atom. The summed E-state index contributed by atoms with van der Waals surface area (Å²) < 4.78 is 5.40. The van der Waals surface area contributed by atoms with Crippen LogP contribution < -0.4 is 10.5 Å². The summed E-state index contributed by atoms with van der Waals surface area (Å²) >= 11 is 0. The highest BCUT2D eigenvalue weighted by molar-refractivity contribution is 5.44. The molecule has 1 unspecified atom stereocenters. The number of ether oxygens (including phenoxy) is 1. The molecule has 1 atom stereocenters. The van der Waals surface area contributed by atoms with Gasteiger partial charge in [0.25, 0.3) is 0 Å². The number of hydrogen-bond donors (Lipinski definition) is 2. The Morgan fingerprint density at radius 1 is 1.28 bits per heavy atom. The Bertz CT molecular complexity index is 388. The maximum atomic E-state index is 10.2. The van der Waals surface area contributed by atoms with Crippen molar-refractivity contribution in [2.24, 2.45) is 5.73 Å². The van der Waals surface area contributed by atoms with Gasteiger partial charge in [0.2, 0.25) is 0 Å². The summed E-state index contributed by atoms with van der Waals surface area (Å²) in [5, 5.41) is 10.2. The van der Waals surface area contributed by atoms with E-state index in [1.165, 1.54) is 0 Å². The van der Waals surface area contributed by atoms with E-state index in [1.54, 1.807) is 7.11 Å². The first kappa shape index (κ1) is 15.0. The SMILES string of the molecule is COc1cc(C)c(C(O)CCCN)cc1C(C)C. The van der Waals surface area contributed by atoms with E-state index in [-0.39, 0.29) is 0 Å². The van der Waals surface area contributed by atoms with Gasteiger partial charge in [0.1, 0.15) is 5.75 Å². The third-order valence-electron chi connectivity index (χ3n) is 3.28. The van der Waals surface area contributed by atoms with Gasteiger partial charge in [0, 0.05) is 0 Å². The molecule has 0 aromatic heterocycles. The van der Waals surface area contributed by atoms with Gasteiger partial charge in [-0.2, -0.15) is 0 Å². The molecule has 0 aliphatic rings. The molecule has 0 fully saturated rings. The van der Waals surface area contributed by atoms with Gasteiger partial charge in [-0.05, 0) is 61.1 Å². The second-order valence-corrected chi connectivity index (χ2v) is 5.05. The number of aliphatic hydroxyl groups is 1. The minimum atomic E-state index is -0.433. The number of rotatable bonds is 6. The Labute approximate surface area is 110 Å². The molecular formula is C15H25NO2. The van der Waals surface area contributed by atoms with E-state index in [0.717, 1.165) is 28.9 Å². The van der Waals surface area contributed by atoms with Gasteiger partial charge in [-0.25, -0.2) is 0 Å². The molecule has 18 heavy (non-hydrogen) atoms. The average molecular weight is 251 g/mol. The number of hydrogen-bond acceptors (Lipinski definition) is 3. The molecule has 3 heteroatoms. The van der Waals surface area contributed by atoms with Crippen LogP contribution in [0.15, 0.2) is 12.1 Å². The van der Waals surface area contributed by atoms with Gasteiger partial charge in [-0.3, -0.25) is 0 Å². The topological polar surface area (TPSA) is 55.5 Å². The number of benzene rings is 1. The van der Waals surface area contributed by atoms with Crippen LogP contribution in [0.5, 0.6) is 5.75 Å². The minimum absolute atomic E-state index is 0.376. The molecule has 1 rings (SSSR count). The lowest BCUT2D eigenvalue weighted by atomic mass is 9.92. The van der Waals surface area contributed by atoms with E-state index in [2.05, 4.69) is 19.9 Å². The largest absolute Gasteiger partial charge is 0.496 e. The first-order valence-corrected chi connectivity index (χ1v) is 6.57. The lowest BCUT2D eigenvalue weighted by Gasteiger charge is -2.19. The van der Waals surface area contributed by atoms with Crippen molar-refractivity contribution in [1.29, 1.82) is 0 Å². The van der Waals surface area contributed by atoms with E-state index in [4.69, 9.17) is 10.5 Å². The summed E-state index contributed by atoms with van der Waals surface area (Å²) in [6.45, 7) is 6.88. The number of nitrogens with two attached hydrogens (primary N) is 1. The lowest BCUT2D eigenvalue weighted by molar-refractivity contribution is 0.164. The van der Waals surface area contributed by atoms with Crippen molar-refractivity contribution in [2.75, 3.05) is 13.7 Å². The predicted octanol–water partition coefficient (Wildman–Crippen LogP) is 2.90. The van der Waals surface area contributed by atoms with Gasteiger partial charge in [0.15, 0.2) is 0 Å². The first-order chi connectivity index (χ1) is 8.51. The summed E-state index contributed by atoms with van der Waals surface area (Å²) in [6.07, 6.45) is 1.11. The number of aliphatic hydroxyl groups excluding tert-OH is 1. The second kappa shape index (κ2) is 6.76. The van der Waals surface area contributed by atoms with Gasteiger partial charge in [0.05, 0.1) is 13.2 Å². The van der Waals surface area contributed by atoms with Gasteiger partial charge >= 0.3 is 0 Å². The smallest absolute Gasteiger partial charge is 0.122 e. The Kier molecular flexibility index (Phi) is 5.63. The van der Waals surface area contributed by atoms with Crippen molar-refractivity contribution in [3.63, 3.8) is 0 Å². The van der Waals surface area contributed by atoms with E-state index in [9.17, 15) is 5.11 Å². The fourth-order valence-corrected chi connectivity index (χ4v) is 2.17. The molecule has 102 valence electrons. The Morgan fingerprint density at radius 3 is 2.44 bits per heavy atom. The van der Waals surface area contributed by atoms with E-state index >= 15 is 0 Å². The molecule has 1 aromatic carbocycles. The van der Waals surface area contributed by atoms with Crippen LogP contribution in [0.3, 0.4) is 0 Å². The molecule has 3 N–H and O–H groups in total. The fourth-order valence-electron chi connectivity index (χ4n) is 2.17. The fraction of sp³-hybridized carbons (Fsp3) is 0.600. The molecule has 0 aliphatic carbocycles. The van der Waals surface area contributed by atoms with Crippen LogP contribution >= 0.6 is 0 Å². The van der Waals surface area contributed by atoms with Crippen molar-refractivity contribution >= 4 is 0 Å². The normalized spacial score (nSPS) is 12.8. The third kappa shape index (κ3) is 3.47. The molecule has 1 aromatic rings. The van der Waals surface area contributed by atoms with Crippen LogP contribution in [0.4, 0.5) is 0 Å². The third-order valence-corrected chi connectivity index (χ3v) is 3.28. The molecule has 0 saturated carbocycles. The van der Waals surface area contributed by atoms with Crippen molar-refractivity contribution in [2.45, 2.75) is 45.6 Å². The van der Waals surface area contributed by atoms with Crippen molar-refractivity contribution in [1.82, 2.24) is 0 Å².